The summed E-state index contributed by atoms with van der Waals surface area (Å²) in [6.45, 7) is 2.80. The standard InChI is InChI=1S/C19H20N2O3S/c1-13-3-6-15(7-4-13)25(22,23)21-10-9-19-17(12-21)16-11-14(24-2)5-8-18(16)20-19/h3-8,11,20H,9-10,12H2,1-2H3. The molecule has 6 heteroatoms. The van der Waals surface area contributed by atoms with E-state index in [0.717, 1.165) is 33.5 Å². The third-order valence-corrected chi connectivity index (χ3v) is 6.67. The van der Waals surface area contributed by atoms with Crippen molar-refractivity contribution in [1.82, 2.24) is 9.29 Å². The summed E-state index contributed by atoms with van der Waals surface area (Å²) >= 11 is 0. The number of methoxy groups -OCH3 is 1. The van der Waals surface area contributed by atoms with Crippen LogP contribution in [-0.2, 0) is 23.0 Å². The van der Waals surface area contributed by atoms with Gasteiger partial charge < -0.3 is 9.72 Å². The first-order valence-corrected chi connectivity index (χ1v) is 9.67. The van der Waals surface area contributed by atoms with Gasteiger partial charge in [0.25, 0.3) is 0 Å². The van der Waals surface area contributed by atoms with Gasteiger partial charge in [0, 0.05) is 36.1 Å². The first-order valence-electron chi connectivity index (χ1n) is 8.23. The third kappa shape index (κ3) is 2.71. The number of hydrogen-bond acceptors (Lipinski definition) is 3. The van der Waals surface area contributed by atoms with Gasteiger partial charge in [0.05, 0.1) is 12.0 Å². The SMILES string of the molecule is COc1ccc2[nH]c3c(c2c1)CN(S(=O)(=O)c1ccc(C)cc1)CC3. The molecule has 1 aliphatic rings. The molecule has 0 unspecified atom stereocenters. The minimum Gasteiger partial charge on any atom is -0.497 e. The van der Waals surface area contributed by atoms with E-state index >= 15 is 0 Å². The number of aromatic amines is 1. The van der Waals surface area contributed by atoms with Crippen LogP contribution >= 0.6 is 0 Å². The van der Waals surface area contributed by atoms with E-state index in [-0.39, 0.29) is 0 Å². The van der Waals surface area contributed by atoms with Gasteiger partial charge in [-0.05, 0) is 42.8 Å². The van der Waals surface area contributed by atoms with Crippen LogP contribution in [0.4, 0.5) is 0 Å². The fraction of sp³-hybridized carbons (Fsp3) is 0.263. The molecule has 0 aliphatic carbocycles. The number of fused-ring (bicyclic) bond motifs is 3. The van der Waals surface area contributed by atoms with Gasteiger partial charge >= 0.3 is 0 Å². The van der Waals surface area contributed by atoms with Crippen molar-refractivity contribution >= 4 is 20.9 Å². The van der Waals surface area contributed by atoms with Crippen molar-refractivity contribution < 1.29 is 13.2 Å². The van der Waals surface area contributed by atoms with E-state index in [0.29, 0.717) is 24.4 Å². The van der Waals surface area contributed by atoms with Gasteiger partial charge in [-0.15, -0.1) is 0 Å². The number of hydrogen-bond donors (Lipinski definition) is 1. The summed E-state index contributed by atoms with van der Waals surface area (Å²) in [7, 11) is -1.86. The Kier molecular flexibility index (Phi) is 3.81. The lowest BCUT2D eigenvalue weighted by atomic mass is 10.1. The lowest BCUT2D eigenvalue weighted by Gasteiger charge is -2.26. The number of nitrogens with zero attached hydrogens (tertiary/aromatic N) is 1. The van der Waals surface area contributed by atoms with Crippen LogP contribution in [0.25, 0.3) is 10.9 Å². The molecule has 3 aromatic rings. The number of aryl methyl sites for hydroxylation is 1. The van der Waals surface area contributed by atoms with Crippen LogP contribution in [0.5, 0.6) is 5.75 Å². The summed E-state index contributed by atoms with van der Waals surface area (Å²) in [5.74, 6) is 0.771. The Morgan fingerprint density at radius 1 is 1.12 bits per heavy atom. The van der Waals surface area contributed by atoms with Crippen LogP contribution < -0.4 is 4.74 Å². The van der Waals surface area contributed by atoms with Crippen molar-refractivity contribution in [1.29, 1.82) is 0 Å². The Bertz CT molecular complexity index is 1040. The summed E-state index contributed by atoms with van der Waals surface area (Å²) in [6.07, 6.45) is 0.678. The molecule has 0 atom stereocenters. The monoisotopic (exact) mass is 356 g/mol. The highest BCUT2D eigenvalue weighted by atomic mass is 32.2. The smallest absolute Gasteiger partial charge is 0.243 e. The predicted molar refractivity (Wildman–Crippen MR) is 97.3 cm³/mol. The van der Waals surface area contributed by atoms with Crippen LogP contribution in [0, 0.1) is 6.92 Å². The summed E-state index contributed by atoms with van der Waals surface area (Å²) in [5, 5.41) is 1.03. The highest BCUT2D eigenvalue weighted by molar-refractivity contribution is 7.89. The van der Waals surface area contributed by atoms with E-state index in [1.807, 2.05) is 37.3 Å². The zero-order chi connectivity index (χ0) is 17.6. The van der Waals surface area contributed by atoms with Gasteiger partial charge in [0.2, 0.25) is 10.0 Å². The van der Waals surface area contributed by atoms with Crippen molar-refractivity contribution in [3.63, 3.8) is 0 Å². The molecule has 2 heterocycles. The first-order chi connectivity index (χ1) is 12.0. The minimum absolute atomic E-state index is 0.346. The van der Waals surface area contributed by atoms with Gasteiger partial charge in [0.15, 0.2) is 0 Å². The number of rotatable bonds is 3. The van der Waals surface area contributed by atoms with Gasteiger partial charge in [-0.25, -0.2) is 8.42 Å². The summed E-state index contributed by atoms with van der Waals surface area (Å²) in [6, 6.07) is 12.9. The quantitative estimate of drug-likeness (QED) is 0.784. The van der Waals surface area contributed by atoms with E-state index in [1.54, 1.807) is 23.5 Å². The van der Waals surface area contributed by atoms with E-state index in [9.17, 15) is 8.42 Å². The molecular formula is C19H20N2O3S. The maximum Gasteiger partial charge on any atom is 0.243 e. The molecule has 0 saturated carbocycles. The molecule has 0 spiro atoms. The molecule has 0 amide bonds. The molecule has 0 radical (unpaired) electrons. The molecule has 5 nitrogen and oxygen atoms in total. The van der Waals surface area contributed by atoms with Gasteiger partial charge in [-0.2, -0.15) is 4.31 Å². The Morgan fingerprint density at radius 3 is 2.60 bits per heavy atom. The van der Waals surface area contributed by atoms with E-state index < -0.39 is 10.0 Å². The second-order valence-electron chi connectivity index (χ2n) is 6.40. The van der Waals surface area contributed by atoms with Crippen molar-refractivity contribution in [2.75, 3.05) is 13.7 Å². The molecule has 0 saturated heterocycles. The molecule has 25 heavy (non-hydrogen) atoms. The van der Waals surface area contributed by atoms with E-state index in [1.165, 1.54) is 0 Å². The van der Waals surface area contributed by atoms with Crippen molar-refractivity contribution in [2.24, 2.45) is 0 Å². The summed E-state index contributed by atoms with van der Waals surface area (Å²) < 4.78 is 32.8. The Balaban J connectivity index is 1.73. The fourth-order valence-corrected chi connectivity index (χ4v) is 4.77. The van der Waals surface area contributed by atoms with Crippen LogP contribution in [-0.4, -0.2) is 31.4 Å². The topological polar surface area (TPSA) is 62.4 Å². The lowest BCUT2D eigenvalue weighted by molar-refractivity contribution is 0.391. The van der Waals surface area contributed by atoms with Crippen LogP contribution in [0.3, 0.4) is 0 Å². The van der Waals surface area contributed by atoms with Crippen LogP contribution in [0.2, 0.25) is 0 Å². The number of sulfonamides is 1. The molecule has 0 fully saturated rings. The maximum absolute atomic E-state index is 13.0. The molecule has 2 aromatic carbocycles. The lowest BCUT2D eigenvalue weighted by Crippen LogP contribution is -2.35. The molecule has 1 aromatic heterocycles. The highest BCUT2D eigenvalue weighted by Crippen LogP contribution is 2.32. The second kappa shape index (κ2) is 5.89. The largest absolute Gasteiger partial charge is 0.497 e. The zero-order valence-corrected chi connectivity index (χ0v) is 15.1. The molecule has 130 valence electrons. The minimum atomic E-state index is -3.50. The molecular weight excluding hydrogens is 336 g/mol. The first kappa shape index (κ1) is 16.2. The summed E-state index contributed by atoms with van der Waals surface area (Å²) in [4.78, 5) is 3.76. The molecule has 1 N–H and O–H groups in total. The fourth-order valence-electron chi connectivity index (χ4n) is 3.36. The van der Waals surface area contributed by atoms with Gasteiger partial charge in [-0.1, -0.05) is 17.7 Å². The van der Waals surface area contributed by atoms with Gasteiger partial charge in [-0.3, -0.25) is 0 Å². The Hall–Kier alpha value is -2.31. The van der Waals surface area contributed by atoms with E-state index in [4.69, 9.17) is 4.74 Å². The van der Waals surface area contributed by atoms with Crippen molar-refractivity contribution in [3.05, 3.63) is 59.3 Å². The highest BCUT2D eigenvalue weighted by Gasteiger charge is 2.30. The zero-order valence-electron chi connectivity index (χ0n) is 14.2. The van der Waals surface area contributed by atoms with Crippen molar-refractivity contribution in [3.8, 4) is 5.75 Å². The molecule has 1 aliphatic heterocycles. The summed E-state index contributed by atoms with van der Waals surface area (Å²) in [5.41, 5.74) is 4.21. The third-order valence-electron chi connectivity index (χ3n) is 4.81. The Labute approximate surface area is 147 Å². The normalized spacial score (nSPS) is 15.3. The molecule has 0 bridgehead atoms. The number of nitrogens with one attached hydrogen (secondary N) is 1. The Morgan fingerprint density at radius 2 is 1.88 bits per heavy atom. The second-order valence-corrected chi connectivity index (χ2v) is 8.33. The van der Waals surface area contributed by atoms with Crippen molar-refractivity contribution in [2.45, 2.75) is 24.8 Å². The molecule has 4 rings (SSSR count). The van der Waals surface area contributed by atoms with Crippen LogP contribution in [0.1, 0.15) is 16.8 Å². The number of H-pyrrole nitrogens is 1. The van der Waals surface area contributed by atoms with Crippen LogP contribution in [0.15, 0.2) is 47.4 Å². The predicted octanol–water partition coefficient (Wildman–Crippen LogP) is 3.23. The number of benzene rings is 2. The maximum atomic E-state index is 13.0. The van der Waals surface area contributed by atoms with Gasteiger partial charge in [0.1, 0.15) is 5.75 Å². The number of ether oxygens (including phenoxy) is 1. The average molecular weight is 356 g/mol. The van der Waals surface area contributed by atoms with E-state index in [2.05, 4.69) is 4.98 Å². The number of aromatic nitrogens is 1. The average Bonchev–Trinajstić information content (AvgIpc) is 2.99.